The predicted octanol–water partition coefficient (Wildman–Crippen LogP) is 5.70. The van der Waals surface area contributed by atoms with E-state index in [0.29, 0.717) is 33.2 Å². The van der Waals surface area contributed by atoms with Crippen LogP contribution >= 0.6 is 11.6 Å². The summed E-state index contributed by atoms with van der Waals surface area (Å²) in [4.78, 5) is 43.6. The molecule has 4 atom stereocenters. The monoisotopic (exact) mass is 611 g/mol. The highest BCUT2D eigenvalue weighted by molar-refractivity contribution is 6.30. The van der Waals surface area contributed by atoms with Crippen molar-refractivity contribution in [3.8, 4) is 17.6 Å². The van der Waals surface area contributed by atoms with Gasteiger partial charge < -0.3 is 20.1 Å². The van der Waals surface area contributed by atoms with Gasteiger partial charge in [0, 0.05) is 22.1 Å². The molecule has 10 heteroatoms. The lowest BCUT2D eigenvalue weighted by atomic mass is 9.76. The number of primary amides is 1. The number of carbonyl (C=O) groups is 3. The summed E-state index contributed by atoms with van der Waals surface area (Å²) in [6, 6.07) is 22.4. The van der Waals surface area contributed by atoms with Gasteiger partial charge in [0.15, 0.2) is 17.3 Å². The molecule has 5 rings (SSSR count). The van der Waals surface area contributed by atoms with Crippen molar-refractivity contribution in [2.45, 2.75) is 18.0 Å². The zero-order valence-corrected chi connectivity index (χ0v) is 24.5. The first-order valence-corrected chi connectivity index (χ1v) is 14.0. The SMILES string of the molecule is COc1ccc(C2C(C(=O)c3ccc(C#N)cc3)C(c3ccc(Cl)cc3)N(C(=O)c3cccc(F)c3)C2C(N)=O)cc1OC. The molecule has 1 saturated heterocycles. The predicted molar refractivity (Wildman–Crippen MR) is 161 cm³/mol. The average Bonchev–Trinajstić information content (AvgIpc) is 3.40. The molecular formula is C34H27ClFN3O5. The van der Waals surface area contributed by atoms with Gasteiger partial charge in [-0.3, -0.25) is 14.4 Å². The number of ketones is 1. The second kappa shape index (κ2) is 12.6. The number of nitrogens with two attached hydrogens (primary N) is 1. The van der Waals surface area contributed by atoms with Crippen LogP contribution in [0.15, 0.2) is 91.0 Å². The summed E-state index contributed by atoms with van der Waals surface area (Å²) >= 11 is 6.20. The van der Waals surface area contributed by atoms with E-state index < -0.39 is 47.3 Å². The van der Waals surface area contributed by atoms with Crippen LogP contribution in [0, 0.1) is 23.1 Å². The van der Waals surface area contributed by atoms with E-state index >= 15 is 0 Å². The van der Waals surface area contributed by atoms with Crippen LogP contribution in [-0.2, 0) is 4.79 Å². The van der Waals surface area contributed by atoms with E-state index in [4.69, 9.17) is 26.8 Å². The second-order valence-corrected chi connectivity index (χ2v) is 10.7. The summed E-state index contributed by atoms with van der Waals surface area (Å²) in [6.07, 6.45) is 0. The number of likely N-dealkylation sites (tertiary alicyclic amines) is 1. The Kier molecular flexibility index (Phi) is 8.65. The van der Waals surface area contributed by atoms with Crippen LogP contribution in [0.1, 0.15) is 49.4 Å². The molecule has 8 nitrogen and oxygen atoms in total. The lowest BCUT2D eigenvalue weighted by molar-refractivity contribution is -0.122. The van der Waals surface area contributed by atoms with Crippen LogP contribution in [-0.4, -0.2) is 42.8 Å². The van der Waals surface area contributed by atoms with Crippen molar-refractivity contribution in [2.75, 3.05) is 14.2 Å². The van der Waals surface area contributed by atoms with Gasteiger partial charge in [-0.15, -0.1) is 0 Å². The fourth-order valence-corrected chi connectivity index (χ4v) is 6.06. The van der Waals surface area contributed by atoms with Gasteiger partial charge in [0.2, 0.25) is 5.91 Å². The molecule has 0 aromatic heterocycles. The molecule has 4 unspecified atom stereocenters. The first-order chi connectivity index (χ1) is 21.2. The van der Waals surface area contributed by atoms with Crippen molar-refractivity contribution >= 4 is 29.2 Å². The number of halogens is 2. The summed E-state index contributed by atoms with van der Waals surface area (Å²) in [5.74, 6) is -3.84. The third-order valence-electron chi connectivity index (χ3n) is 7.87. The Bertz CT molecular complexity index is 1770. The Hall–Kier alpha value is -5.20. The average molecular weight is 612 g/mol. The minimum Gasteiger partial charge on any atom is -0.493 e. The number of hydrogen-bond acceptors (Lipinski definition) is 6. The Balaban J connectivity index is 1.80. The zero-order valence-electron chi connectivity index (χ0n) is 23.7. The fourth-order valence-electron chi connectivity index (χ4n) is 5.93. The van der Waals surface area contributed by atoms with Crippen molar-refractivity contribution in [3.05, 3.63) is 130 Å². The van der Waals surface area contributed by atoms with Gasteiger partial charge in [0.25, 0.3) is 5.91 Å². The number of nitriles is 1. The highest BCUT2D eigenvalue weighted by Crippen LogP contribution is 2.52. The van der Waals surface area contributed by atoms with E-state index in [1.54, 1.807) is 42.5 Å². The lowest BCUT2D eigenvalue weighted by Gasteiger charge is -2.31. The summed E-state index contributed by atoms with van der Waals surface area (Å²) < 4.78 is 25.3. The van der Waals surface area contributed by atoms with E-state index in [-0.39, 0.29) is 11.1 Å². The maximum atomic E-state index is 14.6. The molecule has 4 aromatic carbocycles. The normalized spacial score (nSPS) is 19.2. The summed E-state index contributed by atoms with van der Waals surface area (Å²) in [5.41, 5.74) is 7.67. The molecule has 1 aliphatic heterocycles. The van der Waals surface area contributed by atoms with Crippen molar-refractivity contribution in [2.24, 2.45) is 11.7 Å². The molecule has 44 heavy (non-hydrogen) atoms. The number of hydrogen-bond donors (Lipinski definition) is 1. The van der Waals surface area contributed by atoms with Gasteiger partial charge in [-0.1, -0.05) is 48.0 Å². The Morgan fingerprint density at radius 1 is 0.864 bits per heavy atom. The molecule has 0 spiro atoms. The highest BCUT2D eigenvalue weighted by atomic mass is 35.5. The largest absolute Gasteiger partial charge is 0.493 e. The van der Waals surface area contributed by atoms with Gasteiger partial charge in [-0.05, 0) is 65.7 Å². The molecule has 2 amide bonds. The molecule has 4 aromatic rings. The number of methoxy groups -OCH3 is 2. The smallest absolute Gasteiger partial charge is 0.255 e. The van der Waals surface area contributed by atoms with Crippen LogP contribution in [0.3, 0.4) is 0 Å². The number of benzene rings is 4. The quantitative estimate of drug-likeness (QED) is 0.255. The number of rotatable bonds is 8. The van der Waals surface area contributed by atoms with E-state index in [1.165, 1.54) is 61.6 Å². The number of nitrogens with zero attached hydrogens (tertiary/aromatic N) is 2. The van der Waals surface area contributed by atoms with Gasteiger partial charge in [-0.25, -0.2) is 4.39 Å². The molecule has 2 N–H and O–H groups in total. The van der Waals surface area contributed by atoms with Gasteiger partial charge in [-0.2, -0.15) is 5.26 Å². The molecule has 0 bridgehead atoms. The molecule has 0 radical (unpaired) electrons. The minimum absolute atomic E-state index is 0.0206. The molecule has 1 aliphatic rings. The number of amides is 2. The van der Waals surface area contributed by atoms with Crippen molar-refractivity contribution in [3.63, 3.8) is 0 Å². The number of Topliss-reactive ketones (excluding diaryl/α,β-unsaturated/α-hetero) is 1. The first kappa shape index (κ1) is 30.3. The van der Waals surface area contributed by atoms with Crippen LogP contribution in [0.4, 0.5) is 4.39 Å². The van der Waals surface area contributed by atoms with Crippen LogP contribution in [0.25, 0.3) is 0 Å². The van der Waals surface area contributed by atoms with Gasteiger partial charge in [0.05, 0.1) is 37.8 Å². The molecular weight excluding hydrogens is 585 g/mol. The van der Waals surface area contributed by atoms with E-state index in [0.717, 1.165) is 6.07 Å². The molecule has 1 fully saturated rings. The van der Waals surface area contributed by atoms with Crippen molar-refractivity contribution in [1.82, 2.24) is 4.90 Å². The lowest BCUT2D eigenvalue weighted by Crippen LogP contribution is -2.46. The Morgan fingerprint density at radius 2 is 1.52 bits per heavy atom. The van der Waals surface area contributed by atoms with E-state index in [9.17, 15) is 24.0 Å². The topological polar surface area (TPSA) is 123 Å². The summed E-state index contributed by atoms with van der Waals surface area (Å²) in [5, 5.41) is 9.73. The molecule has 0 saturated carbocycles. The number of carbonyl (C=O) groups excluding carboxylic acids is 3. The fraction of sp³-hybridized carbons (Fsp3) is 0.176. The van der Waals surface area contributed by atoms with E-state index in [1.807, 2.05) is 6.07 Å². The molecule has 0 aliphatic carbocycles. The van der Waals surface area contributed by atoms with Crippen molar-refractivity contribution in [1.29, 1.82) is 5.26 Å². The zero-order chi connectivity index (χ0) is 31.5. The first-order valence-electron chi connectivity index (χ1n) is 13.6. The Morgan fingerprint density at radius 3 is 2.11 bits per heavy atom. The van der Waals surface area contributed by atoms with E-state index in [2.05, 4.69) is 0 Å². The standard InChI is InChI=1S/C34H27ClFN3O5/c1-43-26-15-12-22(17-27(26)44-2)28-29(32(40)21-8-6-19(18-37)7-9-21)30(20-10-13-24(35)14-11-20)39(31(28)33(38)41)34(42)23-4-3-5-25(36)16-23/h3-17,28-31H,1-2H3,(H2,38,41). The maximum Gasteiger partial charge on any atom is 0.255 e. The molecule has 222 valence electrons. The highest BCUT2D eigenvalue weighted by Gasteiger charge is 2.57. The minimum atomic E-state index is -1.34. The molecule has 1 heterocycles. The third-order valence-corrected chi connectivity index (χ3v) is 8.12. The second-order valence-electron chi connectivity index (χ2n) is 10.3. The van der Waals surface area contributed by atoms with Crippen LogP contribution in [0.2, 0.25) is 5.02 Å². The van der Waals surface area contributed by atoms with Crippen molar-refractivity contribution < 1.29 is 28.2 Å². The van der Waals surface area contributed by atoms with Crippen LogP contribution in [0.5, 0.6) is 11.5 Å². The maximum absolute atomic E-state index is 14.6. The third kappa shape index (κ3) is 5.60. The van der Waals surface area contributed by atoms with Gasteiger partial charge in [0.1, 0.15) is 11.9 Å². The Labute approximate surface area is 258 Å². The summed E-state index contributed by atoms with van der Waals surface area (Å²) in [6.45, 7) is 0. The number of ether oxygens (including phenoxy) is 2. The van der Waals surface area contributed by atoms with Gasteiger partial charge >= 0.3 is 0 Å². The van der Waals surface area contributed by atoms with Crippen LogP contribution < -0.4 is 15.2 Å². The summed E-state index contributed by atoms with van der Waals surface area (Å²) in [7, 11) is 2.93.